The van der Waals surface area contributed by atoms with Crippen LogP contribution in [0.1, 0.15) is 50.8 Å². The minimum Gasteiger partial charge on any atom is -0.475 e. The van der Waals surface area contributed by atoms with Crippen molar-refractivity contribution in [1.29, 1.82) is 0 Å². The van der Waals surface area contributed by atoms with Crippen LogP contribution >= 0.6 is 0 Å². The van der Waals surface area contributed by atoms with Crippen LogP contribution in [0.2, 0.25) is 0 Å². The average molecular weight is 444 g/mol. The minimum atomic E-state index is -5.08. The van der Waals surface area contributed by atoms with Crippen molar-refractivity contribution in [3.63, 3.8) is 0 Å². The highest BCUT2D eigenvalue weighted by Crippen LogP contribution is 2.42. The molecule has 3 aliphatic rings. The maximum atomic E-state index is 13.0. The Bertz CT molecular complexity index is 766. The zero-order valence-electron chi connectivity index (χ0n) is 17.9. The van der Waals surface area contributed by atoms with Crippen molar-refractivity contribution in [2.75, 3.05) is 26.2 Å². The quantitative estimate of drug-likeness (QED) is 0.772. The van der Waals surface area contributed by atoms with E-state index in [0.717, 1.165) is 63.7 Å². The van der Waals surface area contributed by atoms with Gasteiger partial charge in [-0.15, -0.1) is 0 Å². The molecule has 2 aliphatic heterocycles. The van der Waals surface area contributed by atoms with E-state index < -0.39 is 12.1 Å². The van der Waals surface area contributed by atoms with Gasteiger partial charge in [-0.1, -0.05) is 12.8 Å². The number of piperidine rings is 1. The third kappa shape index (κ3) is 5.78. The maximum absolute atomic E-state index is 13.0. The van der Waals surface area contributed by atoms with Crippen molar-refractivity contribution in [2.24, 2.45) is 18.4 Å². The largest absolute Gasteiger partial charge is 0.490 e. The van der Waals surface area contributed by atoms with Gasteiger partial charge in [0, 0.05) is 32.5 Å². The lowest BCUT2D eigenvalue weighted by Gasteiger charge is -2.38. The first-order valence-electron chi connectivity index (χ1n) is 10.9. The van der Waals surface area contributed by atoms with E-state index in [2.05, 4.69) is 26.4 Å². The molecule has 3 fully saturated rings. The Labute approximate surface area is 180 Å². The van der Waals surface area contributed by atoms with Gasteiger partial charge in [0.15, 0.2) is 0 Å². The summed E-state index contributed by atoms with van der Waals surface area (Å²) in [5, 5.41) is 7.12. The molecule has 0 unspecified atom stereocenters. The Morgan fingerprint density at radius 1 is 1.19 bits per heavy atom. The molecule has 0 radical (unpaired) electrons. The second kappa shape index (κ2) is 9.58. The molecular weight excluding hydrogens is 413 g/mol. The van der Waals surface area contributed by atoms with E-state index >= 15 is 0 Å². The van der Waals surface area contributed by atoms with Gasteiger partial charge in [-0.3, -0.25) is 9.69 Å². The van der Waals surface area contributed by atoms with Crippen LogP contribution in [0.25, 0.3) is 0 Å². The van der Waals surface area contributed by atoms with Gasteiger partial charge in [0.25, 0.3) is 0 Å². The summed E-state index contributed by atoms with van der Waals surface area (Å²) in [7, 11) is 2.05. The average Bonchev–Trinajstić information content (AvgIpc) is 3.43. The summed E-state index contributed by atoms with van der Waals surface area (Å²) in [4.78, 5) is 31.0. The Morgan fingerprint density at radius 3 is 2.29 bits per heavy atom. The van der Waals surface area contributed by atoms with E-state index in [1.54, 1.807) is 0 Å². The number of aryl methyl sites for hydroxylation is 1. The number of halogens is 3. The van der Waals surface area contributed by atoms with Gasteiger partial charge < -0.3 is 14.6 Å². The number of imidazole rings is 1. The molecule has 10 heteroatoms. The van der Waals surface area contributed by atoms with Gasteiger partial charge in [-0.05, 0) is 51.1 Å². The molecule has 0 atom stereocenters. The SMILES string of the molecule is Cn1ccnc1CN1CCC2(CC1)CCN(CC1CCCC1)C2=O.O=C(O)C(F)(F)F. The summed E-state index contributed by atoms with van der Waals surface area (Å²) in [6.45, 7) is 4.97. The standard InChI is InChI=1S/C19H30N4O.C2HF3O2/c1-21-13-9-20-17(21)15-22-10-6-19(7-11-22)8-12-23(18(19)24)14-16-4-2-3-5-16;3-2(4,5)1(6)7/h9,13,16H,2-8,10-12,14-15H2,1H3;(H,6,7). The van der Waals surface area contributed by atoms with E-state index in [9.17, 15) is 18.0 Å². The molecule has 7 nitrogen and oxygen atoms in total. The number of alkyl halides is 3. The molecule has 1 N–H and O–H groups in total. The maximum Gasteiger partial charge on any atom is 0.490 e. The van der Waals surface area contributed by atoms with E-state index in [-0.39, 0.29) is 5.41 Å². The highest BCUT2D eigenvalue weighted by Gasteiger charge is 2.48. The second-order valence-corrected chi connectivity index (χ2v) is 8.97. The smallest absolute Gasteiger partial charge is 0.475 e. The zero-order chi connectivity index (χ0) is 22.6. The predicted molar refractivity (Wildman–Crippen MR) is 107 cm³/mol. The lowest BCUT2D eigenvalue weighted by atomic mass is 9.77. The fraction of sp³-hybridized carbons (Fsp3) is 0.762. The van der Waals surface area contributed by atoms with Crippen LogP contribution in [0, 0.1) is 11.3 Å². The molecule has 1 spiro atoms. The summed E-state index contributed by atoms with van der Waals surface area (Å²) in [5.74, 6) is -0.405. The van der Waals surface area contributed by atoms with Crippen molar-refractivity contribution in [3.8, 4) is 0 Å². The molecule has 31 heavy (non-hydrogen) atoms. The van der Waals surface area contributed by atoms with Crippen LogP contribution in [-0.2, 0) is 23.2 Å². The van der Waals surface area contributed by atoms with Gasteiger partial charge in [0.2, 0.25) is 5.91 Å². The molecule has 1 saturated carbocycles. The molecule has 174 valence electrons. The number of rotatable bonds is 4. The number of aliphatic carboxylic acids is 1. The first-order valence-corrected chi connectivity index (χ1v) is 10.9. The fourth-order valence-corrected chi connectivity index (χ4v) is 4.92. The molecule has 1 amide bonds. The molecule has 4 rings (SSSR count). The van der Waals surface area contributed by atoms with Gasteiger partial charge >= 0.3 is 12.1 Å². The molecule has 1 aromatic rings. The number of carbonyl (C=O) groups is 2. The van der Waals surface area contributed by atoms with Gasteiger partial charge in [-0.25, -0.2) is 9.78 Å². The Kier molecular flexibility index (Phi) is 7.28. The van der Waals surface area contributed by atoms with Crippen molar-refractivity contribution >= 4 is 11.9 Å². The molecule has 3 heterocycles. The van der Waals surface area contributed by atoms with Crippen LogP contribution in [0.5, 0.6) is 0 Å². The molecule has 0 bridgehead atoms. The monoisotopic (exact) mass is 444 g/mol. The number of carboxylic acid groups (broad SMARTS) is 1. The third-order valence-corrected chi connectivity index (χ3v) is 6.90. The number of carboxylic acids is 1. The number of likely N-dealkylation sites (tertiary alicyclic amines) is 2. The number of hydrogen-bond donors (Lipinski definition) is 1. The molecule has 2 saturated heterocycles. The first kappa shape index (κ1) is 23.6. The predicted octanol–water partition coefficient (Wildman–Crippen LogP) is 3.06. The highest BCUT2D eigenvalue weighted by atomic mass is 19.4. The third-order valence-electron chi connectivity index (χ3n) is 6.90. The molecule has 1 aliphatic carbocycles. The van der Waals surface area contributed by atoms with Crippen molar-refractivity contribution in [3.05, 3.63) is 18.2 Å². The van der Waals surface area contributed by atoms with Crippen LogP contribution in [-0.4, -0.2) is 68.7 Å². The van der Waals surface area contributed by atoms with E-state index in [0.29, 0.717) is 5.91 Å². The normalized spacial score (nSPS) is 22.1. The van der Waals surface area contributed by atoms with Crippen LogP contribution in [0.15, 0.2) is 12.4 Å². The Balaban J connectivity index is 0.000000339. The summed E-state index contributed by atoms with van der Waals surface area (Å²) in [6, 6.07) is 0. The van der Waals surface area contributed by atoms with Gasteiger partial charge in [0.05, 0.1) is 12.0 Å². The number of hydrogen-bond acceptors (Lipinski definition) is 4. The highest BCUT2D eigenvalue weighted by molar-refractivity contribution is 5.85. The van der Waals surface area contributed by atoms with Crippen LogP contribution < -0.4 is 0 Å². The van der Waals surface area contributed by atoms with E-state index in [4.69, 9.17) is 9.90 Å². The Morgan fingerprint density at radius 2 is 1.77 bits per heavy atom. The van der Waals surface area contributed by atoms with Crippen LogP contribution in [0.3, 0.4) is 0 Å². The number of amides is 1. The van der Waals surface area contributed by atoms with Crippen molar-refractivity contribution in [2.45, 2.75) is 57.7 Å². The van der Waals surface area contributed by atoms with Crippen molar-refractivity contribution < 1.29 is 27.9 Å². The fourth-order valence-electron chi connectivity index (χ4n) is 4.92. The summed E-state index contributed by atoms with van der Waals surface area (Å²) < 4.78 is 33.8. The Hall–Kier alpha value is -2.10. The molecule has 1 aromatic heterocycles. The lowest BCUT2D eigenvalue weighted by Crippen LogP contribution is -2.45. The zero-order valence-corrected chi connectivity index (χ0v) is 17.9. The topological polar surface area (TPSA) is 78.7 Å². The molecule has 0 aromatic carbocycles. The van der Waals surface area contributed by atoms with Crippen molar-refractivity contribution in [1.82, 2.24) is 19.4 Å². The number of nitrogens with zero attached hydrogens (tertiary/aromatic N) is 4. The van der Waals surface area contributed by atoms with Gasteiger partial charge in [-0.2, -0.15) is 13.2 Å². The lowest BCUT2D eigenvalue weighted by molar-refractivity contribution is -0.192. The van der Waals surface area contributed by atoms with E-state index in [1.807, 2.05) is 12.4 Å². The first-order chi connectivity index (χ1) is 14.6. The van der Waals surface area contributed by atoms with Crippen LogP contribution in [0.4, 0.5) is 13.2 Å². The van der Waals surface area contributed by atoms with E-state index in [1.165, 1.54) is 25.7 Å². The minimum absolute atomic E-state index is 0.0449. The summed E-state index contributed by atoms with van der Waals surface area (Å²) in [5.41, 5.74) is -0.0449. The number of aromatic nitrogens is 2. The number of carbonyl (C=O) groups excluding carboxylic acids is 1. The summed E-state index contributed by atoms with van der Waals surface area (Å²) in [6.07, 6.45) is 7.29. The van der Waals surface area contributed by atoms with Gasteiger partial charge in [0.1, 0.15) is 5.82 Å². The summed E-state index contributed by atoms with van der Waals surface area (Å²) >= 11 is 0. The molecular formula is C21H31F3N4O3. The second-order valence-electron chi connectivity index (χ2n) is 8.97.